The van der Waals surface area contributed by atoms with Gasteiger partial charge in [0.25, 0.3) is 0 Å². The van der Waals surface area contributed by atoms with E-state index >= 15 is 0 Å². The Bertz CT molecular complexity index is 354. The average Bonchev–Trinajstić information content (AvgIpc) is 2.73. The summed E-state index contributed by atoms with van der Waals surface area (Å²) in [6, 6.07) is 3.61. The molecule has 0 spiro atoms. The Balaban J connectivity index is 1.95. The van der Waals surface area contributed by atoms with Gasteiger partial charge in [-0.05, 0) is 30.5 Å². The topological polar surface area (TPSA) is 33.5 Å². The lowest BCUT2D eigenvalue weighted by Gasteiger charge is -2.18. The van der Waals surface area contributed by atoms with Gasteiger partial charge < -0.3 is 4.42 Å². The molecule has 0 aromatic carbocycles. The van der Waals surface area contributed by atoms with Crippen molar-refractivity contribution in [1.82, 2.24) is 4.90 Å². The number of aldehydes is 1. The van der Waals surface area contributed by atoms with Gasteiger partial charge in [0.2, 0.25) is 0 Å². The lowest BCUT2D eigenvalue weighted by Crippen LogP contribution is -2.22. The molecule has 1 aliphatic rings. The van der Waals surface area contributed by atoms with E-state index in [2.05, 4.69) is 18.7 Å². The fourth-order valence-electron chi connectivity index (χ4n) is 2.12. The normalized spacial score (nSPS) is 20.7. The second kappa shape index (κ2) is 3.81. The van der Waals surface area contributed by atoms with Gasteiger partial charge in [-0.3, -0.25) is 9.69 Å². The Morgan fingerprint density at radius 1 is 1.53 bits per heavy atom. The number of rotatable bonds is 3. The molecule has 0 saturated carbocycles. The molecular weight excluding hydrogens is 190 g/mol. The van der Waals surface area contributed by atoms with Crippen molar-refractivity contribution in [3.63, 3.8) is 0 Å². The molecule has 3 heteroatoms. The van der Waals surface area contributed by atoms with Crippen LogP contribution in [-0.2, 0) is 6.54 Å². The molecule has 0 radical (unpaired) electrons. The zero-order valence-corrected chi connectivity index (χ0v) is 9.32. The van der Waals surface area contributed by atoms with Crippen molar-refractivity contribution >= 4 is 6.29 Å². The molecule has 0 amide bonds. The summed E-state index contributed by atoms with van der Waals surface area (Å²) >= 11 is 0. The van der Waals surface area contributed by atoms with Crippen LogP contribution in [0.1, 0.15) is 36.6 Å². The van der Waals surface area contributed by atoms with Gasteiger partial charge in [-0.25, -0.2) is 0 Å². The van der Waals surface area contributed by atoms with Crippen molar-refractivity contribution in [3.05, 3.63) is 23.7 Å². The van der Waals surface area contributed by atoms with Crippen molar-refractivity contribution < 1.29 is 9.21 Å². The van der Waals surface area contributed by atoms with Gasteiger partial charge in [0, 0.05) is 6.54 Å². The Labute approximate surface area is 90.1 Å². The minimum atomic E-state index is 0.417. The third-order valence-electron chi connectivity index (χ3n) is 2.93. The number of hydrogen-bond donors (Lipinski definition) is 0. The molecular formula is C12H17NO2. The van der Waals surface area contributed by atoms with Gasteiger partial charge in [-0.15, -0.1) is 0 Å². The minimum absolute atomic E-state index is 0.417. The maximum Gasteiger partial charge on any atom is 0.185 e. The molecule has 2 rings (SSSR count). The number of nitrogens with zero attached hydrogens (tertiary/aromatic N) is 1. The molecule has 0 unspecified atom stereocenters. The predicted molar refractivity (Wildman–Crippen MR) is 57.8 cm³/mol. The largest absolute Gasteiger partial charge is 0.457 e. The number of carbonyl (C=O) groups is 1. The highest BCUT2D eigenvalue weighted by atomic mass is 16.3. The maximum atomic E-state index is 10.5. The zero-order valence-electron chi connectivity index (χ0n) is 9.32. The fourth-order valence-corrected chi connectivity index (χ4v) is 2.12. The molecule has 0 N–H and O–H groups in total. The lowest BCUT2D eigenvalue weighted by atomic mass is 9.93. The zero-order chi connectivity index (χ0) is 10.9. The van der Waals surface area contributed by atoms with Crippen molar-refractivity contribution in [2.24, 2.45) is 5.41 Å². The number of carbonyl (C=O) groups excluding carboxylic acids is 1. The first-order valence-electron chi connectivity index (χ1n) is 5.35. The second-order valence-corrected chi connectivity index (χ2v) is 5.05. The van der Waals surface area contributed by atoms with Crippen molar-refractivity contribution in [2.45, 2.75) is 26.8 Å². The SMILES string of the molecule is CC1(C)CCN(Cc2ccc(C=O)o2)C1. The van der Waals surface area contributed by atoms with Gasteiger partial charge in [0.05, 0.1) is 6.54 Å². The molecule has 3 nitrogen and oxygen atoms in total. The Hall–Kier alpha value is -1.09. The average molecular weight is 207 g/mol. The maximum absolute atomic E-state index is 10.5. The molecule has 1 fully saturated rings. The van der Waals surface area contributed by atoms with Crippen LogP contribution in [0.15, 0.2) is 16.5 Å². The van der Waals surface area contributed by atoms with Crippen LogP contribution < -0.4 is 0 Å². The summed E-state index contributed by atoms with van der Waals surface area (Å²) in [5.41, 5.74) is 0.417. The summed E-state index contributed by atoms with van der Waals surface area (Å²) in [7, 11) is 0. The Morgan fingerprint density at radius 3 is 2.87 bits per heavy atom. The van der Waals surface area contributed by atoms with Crippen LogP contribution in [0.3, 0.4) is 0 Å². The van der Waals surface area contributed by atoms with Crippen molar-refractivity contribution in [1.29, 1.82) is 0 Å². The van der Waals surface area contributed by atoms with Gasteiger partial charge in [-0.2, -0.15) is 0 Å². The summed E-state index contributed by atoms with van der Waals surface area (Å²) in [6.45, 7) is 7.60. The first-order chi connectivity index (χ1) is 7.09. The third-order valence-corrected chi connectivity index (χ3v) is 2.93. The third kappa shape index (κ3) is 2.48. The van der Waals surface area contributed by atoms with Crippen LogP contribution in [0, 0.1) is 5.41 Å². The van der Waals surface area contributed by atoms with Crippen LogP contribution in [0.2, 0.25) is 0 Å². The molecule has 1 aromatic rings. The van der Waals surface area contributed by atoms with Crippen LogP contribution in [0.25, 0.3) is 0 Å². The second-order valence-electron chi connectivity index (χ2n) is 5.05. The number of furan rings is 1. The summed E-state index contributed by atoms with van der Waals surface area (Å²) in [6.07, 6.45) is 1.98. The van der Waals surface area contributed by atoms with E-state index in [0.717, 1.165) is 31.7 Å². The van der Waals surface area contributed by atoms with E-state index in [1.54, 1.807) is 6.07 Å². The van der Waals surface area contributed by atoms with E-state index in [1.165, 1.54) is 6.42 Å². The minimum Gasteiger partial charge on any atom is -0.457 e. The molecule has 1 saturated heterocycles. The lowest BCUT2D eigenvalue weighted by molar-refractivity contribution is 0.109. The monoisotopic (exact) mass is 207 g/mol. The summed E-state index contributed by atoms with van der Waals surface area (Å²) in [5, 5.41) is 0. The smallest absolute Gasteiger partial charge is 0.185 e. The first kappa shape index (κ1) is 10.4. The first-order valence-corrected chi connectivity index (χ1v) is 5.35. The Morgan fingerprint density at radius 2 is 2.33 bits per heavy atom. The quantitative estimate of drug-likeness (QED) is 0.713. The molecule has 0 atom stereocenters. The van der Waals surface area contributed by atoms with E-state index in [4.69, 9.17) is 4.42 Å². The fraction of sp³-hybridized carbons (Fsp3) is 0.583. The highest BCUT2D eigenvalue weighted by molar-refractivity contribution is 5.70. The summed E-state index contributed by atoms with van der Waals surface area (Å²) in [4.78, 5) is 12.8. The molecule has 0 bridgehead atoms. The van der Waals surface area contributed by atoms with E-state index in [-0.39, 0.29) is 0 Å². The van der Waals surface area contributed by atoms with Gasteiger partial charge in [0.15, 0.2) is 12.0 Å². The molecule has 0 aliphatic carbocycles. The van der Waals surface area contributed by atoms with E-state index in [9.17, 15) is 4.79 Å². The van der Waals surface area contributed by atoms with Crippen LogP contribution in [0.4, 0.5) is 0 Å². The summed E-state index contributed by atoms with van der Waals surface area (Å²) in [5.74, 6) is 1.30. The van der Waals surface area contributed by atoms with Gasteiger partial charge >= 0.3 is 0 Å². The van der Waals surface area contributed by atoms with E-state index in [0.29, 0.717) is 11.2 Å². The van der Waals surface area contributed by atoms with Crippen LogP contribution in [-0.4, -0.2) is 24.3 Å². The van der Waals surface area contributed by atoms with E-state index in [1.807, 2.05) is 6.07 Å². The van der Waals surface area contributed by atoms with Crippen molar-refractivity contribution in [2.75, 3.05) is 13.1 Å². The molecule has 15 heavy (non-hydrogen) atoms. The van der Waals surface area contributed by atoms with E-state index < -0.39 is 0 Å². The van der Waals surface area contributed by atoms with Crippen LogP contribution >= 0.6 is 0 Å². The highest BCUT2D eigenvalue weighted by Crippen LogP contribution is 2.29. The highest BCUT2D eigenvalue weighted by Gasteiger charge is 2.29. The Kier molecular flexibility index (Phi) is 2.65. The van der Waals surface area contributed by atoms with Crippen molar-refractivity contribution in [3.8, 4) is 0 Å². The predicted octanol–water partition coefficient (Wildman–Crippen LogP) is 2.32. The summed E-state index contributed by atoms with van der Waals surface area (Å²) < 4.78 is 5.35. The van der Waals surface area contributed by atoms with Gasteiger partial charge in [-0.1, -0.05) is 13.8 Å². The van der Waals surface area contributed by atoms with Crippen LogP contribution in [0.5, 0.6) is 0 Å². The molecule has 1 aromatic heterocycles. The molecule has 2 heterocycles. The number of likely N-dealkylation sites (tertiary alicyclic amines) is 1. The number of hydrogen-bond acceptors (Lipinski definition) is 3. The standard InChI is InChI=1S/C12H17NO2/c1-12(2)5-6-13(9-12)7-10-3-4-11(8-14)15-10/h3-4,8H,5-7,9H2,1-2H3. The van der Waals surface area contributed by atoms with Gasteiger partial charge in [0.1, 0.15) is 5.76 Å². The molecule has 1 aliphatic heterocycles. The molecule has 82 valence electrons.